The number of methoxy groups -OCH3 is 1. The van der Waals surface area contributed by atoms with Crippen LogP contribution in [-0.4, -0.2) is 144 Å². The fourth-order valence-corrected chi connectivity index (χ4v) is 7.93. The van der Waals surface area contributed by atoms with E-state index < -0.39 is 149 Å². The summed E-state index contributed by atoms with van der Waals surface area (Å²) < 4.78 is 28.5. The molecule has 12 atom stereocenters. The van der Waals surface area contributed by atoms with Crippen LogP contribution in [0.2, 0.25) is 0 Å². The van der Waals surface area contributed by atoms with Crippen LogP contribution in [0, 0.1) is 6.92 Å². The number of phenolic OH excluding ortho intramolecular Hbond substituents is 3. The van der Waals surface area contributed by atoms with Crippen LogP contribution < -0.4 is 15.8 Å². The molecule has 59 heavy (non-hydrogen) atoms. The topological polar surface area (TPSA) is 335 Å². The molecule has 1 amide bonds. The summed E-state index contributed by atoms with van der Waals surface area (Å²) in [5, 5.41) is 101. The second-order valence-electron chi connectivity index (χ2n) is 14.9. The highest BCUT2D eigenvalue weighted by Crippen LogP contribution is 2.57. The number of benzene rings is 3. The third-order valence-electron chi connectivity index (χ3n) is 11.1. The number of aliphatic hydroxyl groups excluding tert-OH is 5. The van der Waals surface area contributed by atoms with Crippen molar-refractivity contribution in [1.82, 2.24) is 5.32 Å². The van der Waals surface area contributed by atoms with Crippen LogP contribution in [0.3, 0.4) is 0 Å². The average Bonchev–Trinajstić information content (AvgIpc) is 3.18. The van der Waals surface area contributed by atoms with Gasteiger partial charge in [0.1, 0.15) is 71.8 Å². The van der Waals surface area contributed by atoms with Crippen LogP contribution in [0.5, 0.6) is 23.0 Å². The van der Waals surface area contributed by atoms with E-state index in [9.17, 15) is 65.1 Å². The first kappa shape index (κ1) is 41.9. The normalized spacial score (nSPS) is 30.4. The summed E-state index contributed by atoms with van der Waals surface area (Å²) in [6.07, 6.45) is -16.0. The first-order valence-electron chi connectivity index (χ1n) is 18.3. The summed E-state index contributed by atoms with van der Waals surface area (Å²) in [4.78, 5) is 53.2. The second kappa shape index (κ2) is 15.4. The monoisotopic (exact) mass is 826 g/mol. The zero-order chi connectivity index (χ0) is 43.1. The summed E-state index contributed by atoms with van der Waals surface area (Å²) in [6, 6.07) is 2.09. The van der Waals surface area contributed by atoms with E-state index in [1.54, 1.807) is 0 Å². The highest BCUT2D eigenvalue weighted by atomic mass is 16.7. The average molecular weight is 827 g/mol. The molecule has 0 bridgehead atoms. The van der Waals surface area contributed by atoms with Gasteiger partial charge in [-0.15, -0.1) is 0 Å². The maximum Gasteiger partial charge on any atom is 0.325 e. The van der Waals surface area contributed by atoms with E-state index in [4.69, 9.17) is 29.4 Å². The van der Waals surface area contributed by atoms with Gasteiger partial charge in [0.15, 0.2) is 24.1 Å². The molecule has 2 aliphatic heterocycles. The standard InChI is InChI=1S/C39H42N2O18/c1-10-5-17-23(30(48)20(10)36(52)41-11(2)37(53)54)22-15(8-16-24(31(22)49)27(45)14-6-13(55-4)7-18(42)21(14)26(16)44)28(46)34(17)58-39-33(51)35(25(40)12(3)57-39)59-38-32(50)29(47)19(43)9-56-38/h5-8,11-12,19,25,28-29,32-35,38-39,42-43,46-51H,9,40H2,1-4H3,(H,41,52)(H,53,54)/t11?,12-,19-,25+,28?,29+,32-,33-,34?,35+,38+,39+/m0/s1. The quantitative estimate of drug-likeness (QED) is 0.103. The molecule has 2 aliphatic carbocycles. The summed E-state index contributed by atoms with van der Waals surface area (Å²) in [7, 11) is 1.26. The van der Waals surface area contributed by atoms with Crippen LogP contribution in [0.25, 0.3) is 11.1 Å². The van der Waals surface area contributed by atoms with Gasteiger partial charge in [-0.3, -0.25) is 19.2 Å². The summed E-state index contributed by atoms with van der Waals surface area (Å²) in [6.45, 7) is 3.62. The molecule has 4 aliphatic rings. The van der Waals surface area contributed by atoms with Crippen molar-refractivity contribution in [3.05, 3.63) is 68.8 Å². The molecular weight excluding hydrogens is 784 g/mol. The Bertz CT molecular complexity index is 2260. The van der Waals surface area contributed by atoms with E-state index in [1.807, 2.05) is 0 Å². The molecule has 0 radical (unpaired) electrons. The number of ether oxygens (including phenoxy) is 5. The second-order valence-corrected chi connectivity index (χ2v) is 14.9. The molecule has 20 nitrogen and oxygen atoms in total. The lowest BCUT2D eigenvalue weighted by Gasteiger charge is -2.46. The molecule has 0 aromatic heterocycles. The number of aliphatic carboxylic acids is 1. The summed E-state index contributed by atoms with van der Waals surface area (Å²) in [5.41, 5.74) is 2.85. The van der Waals surface area contributed by atoms with Gasteiger partial charge in [-0.05, 0) is 49.6 Å². The minimum Gasteiger partial charge on any atom is -0.507 e. The minimum absolute atomic E-state index is 0.0114. The maximum absolute atomic E-state index is 14.1. The number of hydrogen-bond donors (Lipinski definition) is 11. The largest absolute Gasteiger partial charge is 0.507 e. The van der Waals surface area contributed by atoms with E-state index in [0.29, 0.717) is 0 Å². The van der Waals surface area contributed by atoms with Gasteiger partial charge >= 0.3 is 5.97 Å². The summed E-state index contributed by atoms with van der Waals surface area (Å²) in [5.74, 6) is -6.69. The number of carbonyl (C=O) groups is 4. The van der Waals surface area contributed by atoms with Gasteiger partial charge in [-0.2, -0.15) is 0 Å². The zero-order valence-corrected chi connectivity index (χ0v) is 31.7. The molecule has 3 unspecified atom stereocenters. The van der Waals surface area contributed by atoms with E-state index in [0.717, 1.165) is 12.1 Å². The molecule has 20 heteroatoms. The molecule has 2 fully saturated rings. The number of nitrogens with one attached hydrogen (secondary N) is 1. The van der Waals surface area contributed by atoms with Gasteiger partial charge in [0, 0.05) is 28.3 Å². The van der Waals surface area contributed by atoms with Gasteiger partial charge < -0.3 is 80.7 Å². The Kier molecular flexibility index (Phi) is 10.9. The molecule has 7 rings (SSSR count). The molecule has 2 heterocycles. The number of ketones is 2. The number of phenols is 3. The zero-order valence-electron chi connectivity index (χ0n) is 31.7. The minimum atomic E-state index is -1.91. The van der Waals surface area contributed by atoms with E-state index in [2.05, 4.69) is 5.32 Å². The molecule has 3 aromatic carbocycles. The van der Waals surface area contributed by atoms with E-state index in [1.165, 1.54) is 40.0 Å². The fraction of sp³-hybridized carbons (Fsp3) is 0.436. The van der Waals surface area contributed by atoms with Crippen molar-refractivity contribution < 1.29 is 88.8 Å². The van der Waals surface area contributed by atoms with Crippen LogP contribution >= 0.6 is 0 Å². The highest BCUT2D eigenvalue weighted by molar-refractivity contribution is 6.31. The van der Waals surface area contributed by atoms with Crippen molar-refractivity contribution >= 4 is 23.4 Å². The number of nitrogens with two attached hydrogens (primary N) is 1. The van der Waals surface area contributed by atoms with Crippen molar-refractivity contribution in [3.8, 4) is 34.1 Å². The van der Waals surface area contributed by atoms with Crippen molar-refractivity contribution in [2.24, 2.45) is 5.73 Å². The number of carboxylic acids is 1. The van der Waals surface area contributed by atoms with Crippen LogP contribution in [-0.2, 0) is 23.7 Å². The van der Waals surface area contributed by atoms with Crippen molar-refractivity contribution in [3.63, 3.8) is 0 Å². The Balaban J connectivity index is 1.36. The van der Waals surface area contributed by atoms with Gasteiger partial charge in [0.2, 0.25) is 0 Å². The molecule has 316 valence electrons. The Morgan fingerprint density at radius 3 is 2.15 bits per heavy atom. The van der Waals surface area contributed by atoms with Gasteiger partial charge in [0.05, 0.1) is 42.6 Å². The van der Waals surface area contributed by atoms with Gasteiger partial charge in [0.25, 0.3) is 5.91 Å². The van der Waals surface area contributed by atoms with Gasteiger partial charge in [-0.25, -0.2) is 0 Å². The fourth-order valence-electron chi connectivity index (χ4n) is 7.93. The lowest BCUT2D eigenvalue weighted by molar-refractivity contribution is -0.337. The highest BCUT2D eigenvalue weighted by Gasteiger charge is 2.51. The molecular formula is C39H42N2O18. The third-order valence-corrected chi connectivity index (χ3v) is 11.1. The number of rotatable bonds is 8. The van der Waals surface area contributed by atoms with Crippen molar-refractivity contribution in [1.29, 1.82) is 0 Å². The lowest BCUT2D eigenvalue weighted by Crippen LogP contribution is -2.64. The lowest BCUT2D eigenvalue weighted by atomic mass is 9.74. The maximum atomic E-state index is 14.1. The first-order valence-corrected chi connectivity index (χ1v) is 18.3. The third kappa shape index (κ3) is 6.76. The number of carbonyl (C=O) groups excluding carboxylic acids is 3. The SMILES string of the molecule is COc1cc(O)c2c(c1)C(=O)c1c(cc3c(c1O)-c1c(cc(C)c(C(=O)NC(C)C(=O)O)c1O)C(O[C@H]1O[C@@H](C)[C@@H](N)[C@@H](O[C@H]4OC[C@H](O)[C@@H](O)[C@@H]4O)[C@@H]1O)C3O)C2=O. The molecule has 3 aromatic rings. The smallest absolute Gasteiger partial charge is 0.325 e. The van der Waals surface area contributed by atoms with E-state index >= 15 is 0 Å². The van der Waals surface area contributed by atoms with Crippen molar-refractivity contribution in [2.75, 3.05) is 13.7 Å². The van der Waals surface area contributed by atoms with Crippen LogP contribution in [0.15, 0.2) is 24.3 Å². The number of aliphatic hydroxyl groups is 5. The molecule has 12 N–H and O–H groups in total. The Morgan fingerprint density at radius 2 is 1.49 bits per heavy atom. The van der Waals surface area contributed by atoms with E-state index in [-0.39, 0.29) is 33.6 Å². The van der Waals surface area contributed by atoms with Gasteiger partial charge in [-0.1, -0.05) is 6.07 Å². The number of aryl methyl sites for hydroxylation is 1. The number of fused-ring (bicyclic) bond motifs is 5. The molecule has 2 saturated heterocycles. The Hall–Kier alpha value is -5.26. The predicted octanol–water partition coefficient (Wildman–Crippen LogP) is -0.872. The number of aromatic hydroxyl groups is 3. The predicted molar refractivity (Wildman–Crippen MR) is 196 cm³/mol. The Labute approximate surface area is 333 Å². The van der Waals surface area contributed by atoms with Crippen LogP contribution in [0.1, 0.15) is 84.9 Å². The number of amides is 1. The first-order chi connectivity index (χ1) is 27.8. The van der Waals surface area contributed by atoms with Crippen LogP contribution in [0.4, 0.5) is 0 Å². The summed E-state index contributed by atoms with van der Waals surface area (Å²) >= 11 is 0. The number of carboxylic acid groups (broad SMARTS) is 1. The van der Waals surface area contributed by atoms with Crippen molar-refractivity contribution in [2.45, 2.75) is 94.3 Å². The number of hydrogen-bond acceptors (Lipinski definition) is 18. The Morgan fingerprint density at radius 1 is 0.847 bits per heavy atom. The molecule has 0 saturated carbocycles. The molecule has 0 spiro atoms.